The number of rotatable bonds is 3. The Labute approximate surface area is 124 Å². The van der Waals surface area contributed by atoms with E-state index in [1.807, 2.05) is 0 Å². The van der Waals surface area contributed by atoms with Gasteiger partial charge in [0.15, 0.2) is 0 Å². The van der Waals surface area contributed by atoms with Gasteiger partial charge in [-0.05, 0) is 28.1 Å². The lowest BCUT2D eigenvalue weighted by atomic mass is 10.1. The van der Waals surface area contributed by atoms with Crippen molar-refractivity contribution < 1.29 is 9.18 Å². The number of benzene rings is 1. The third-order valence-electron chi connectivity index (χ3n) is 2.83. The van der Waals surface area contributed by atoms with Crippen molar-refractivity contribution in [3.05, 3.63) is 57.9 Å². The van der Waals surface area contributed by atoms with Crippen molar-refractivity contribution >= 4 is 27.7 Å². The minimum absolute atomic E-state index is 0.151. The number of nitrogens with two attached hydrogens (primary N) is 1. The quantitative estimate of drug-likeness (QED) is 0.936. The zero-order valence-corrected chi connectivity index (χ0v) is 12.4. The second-order valence-electron chi connectivity index (χ2n) is 4.34. The predicted molar refractivity (Wildman–Crippen MR) is 78.5 cm³/mol. The molecule has 0 aliphatic carbocycles. The first-order chi connectivity index (χ1) is 9.49. The zero-order valence-electron chi connectivity index (χ0n) is 10.8. The second kappa shape index (κ2) is 6.00. The highest BCUT2D eigenvalue weighted by Gasteiger charge is 2.17. The molecule has 2 aromatic rings. The van der Waals surface area contributed by atoms with Gasteiger partial charge in [0.2, 0.25) is 0 Å². The lowest BCUT2D eigenvalue weighted by Gasteiger charge is -2.18. The third kappa shape index (κ3) is 3.14. The Morgan fingerprint density at radius 2 is 2.15 bits per heavy atom. The van der Waals surface area contributed by atoms with Gasteiger partial charge in [-0.2, -0.15) is 0 Å². The Morgan fingerprint density at radius 1 is 1.45 bits per heavy atom. The maximum Gasteiger partial charge on any atom is 0.257 e. The average Bonchev–Trinajstić information content (AvgIpc) is 2.43. The lowest BCUT2D eigenvalue weighted by Crippen LogP contribution is -2.27. The SMILES string of the molecule is CN(Cc1ccccc1F)C(=O)c1cc(Br)cnc1N. The summed E-state index contributed by atoms with van der Waals surface area (Å²) in [6.07, 6.45) is 1.52. The van der Waals surface area contributed by atoms with Gasteiger partial charge < -0.3 is 10.6 Å². The van der Waals surface area contributed by atoms with Crippen LogP contribution in [0.3, 0.4) is 0 Å². The first-order valence-corrected chi connectivity index (χ1v) is 6.68. The number of nitrogens with zero attached hydrogens (tertiary/aromatic N) is 2. The third-order valence-corrected chi connectivity index (χ3v) is 3.26. The molecule has 0 aliphatic heterocycles. The number of carbonyl (C=O) groups is 1. The van der Waals surface area contributed by atoms with E-state index in [-0.39, 0.29) is 24.1 Å². The number of pyridine rings is 1. The Hall–Kier alpha value is -1.95. The molecule has 0 saturated carbocycles. The second-order valence-corrected chi connectivity index (χ2v) is 5.25. The highest BCUT2D eigenvalue weighted by Crippen LogP contribution is 2.18. The minimum atomic E-state index is -0.340. The van der Waals surface area contributed by atoms with Gasteiger partial charge in [0.1, 0.15) is 11.6 Å². The number of amides is 1. The van der Waals surface area contributed by atoms with Crippen LogP contribution in [0.25, 0.3) is 0 Å². The van der Waals surface area contributed by atoms with E-state index in [4.69, 9.17) is 5.73 Å². The summed E-state index contributed by atoms with van der Waals surface area (Å²) in [5, 5.41) is 0. The summed E-state index contributed by atoms with van der Waals surface area (Å²) < 4.78 is 14.2. The smallest absolute Gasteiger partial charge is 0.257 e. The monoisotopic (exact) mass is 337 g/mol. The summed E-state index contributed by atoms with van der Waals surface area (Å²) in [7, 11) is 1.59. The molecular weight excluding hydrogens is 325 g/mol. The molecule has 0 bridgehead atoms. The summed E-state index contributed by atoms with van der Waals surface area (Å²) in [5.74, 6) is -0.495. The molecule has 0 spiro atoms. The summed E-state index contributed by atoms with van der Waals surface area (Å²) in [6, 6.07) is 7.94. The lowest BCUT2D eigenvalue weighted by molar-refractivity contribution is 0.0784. The molecule has 1 aromatic heterocycles. The highest BCUT2D eigenvalue weighted by molar-refractivity contribution is 9.10. The van der Waals surface area contributed by atoms with E-state index in [9.17, 15) is 9.18 Å². The molecule has 2 N–H and O–H groups in total. The van der Waals surface area contributed by atoms with Crippen LogP contribution >= 0.6 is 15.9 Å². The first-order valence-electron chi connectivity index (χ1n) is 5.89. The molecule has 4 nitrogen and oxygen atoms in total. The number of anilines is 1. The van der Waals surface area contributed by atoms with Crippen molar-refractivity contribution in [3.63, 3.8) is 0 Å². The molecule has 1 amide bonds. The number of aromatic nitrogens is 1. The maximum absolute atomic E-state index is 13.6. The average molecular weight is 338 g/mol. The molecule has 2 rings (SSSR count). The number of carbonyl (C=O) groups excluding carboxylic acids is 1. The predicted octanol–water partition coefficient (Wildman–Crippen LogP) is 2.84. The molecule has 20 heavy (non-hydrogen) atoms. The normalized spacial score (nSPS) is 10.3. The van der Waals surface area contributed by atoms with E-state index in [0.717, 1.165) is 0 Å². The summed E-state index contributed by atoms with van der Waals surface area (Å²) in [6.45, 7) is 0.164. The molecular formula is C14H13BrFN3O. The fraction of sp³-hybridized carbons (Fsp3) is 0.143. The van der Waals surface area contributed by atoms with Gasteiger partial charge >= 0.3 is 0 Å². The topological polar surface area (TPSA) is 59.2 Å². The Bertz CT molecular complexity index is 648. The molecule has 6 heteroatoms. The van der Waals surface area contributed by atoms with E-state index >= 15 is 0 Å². The number of halogens is 2. The van der Waals surface area contributed by atoms with Gasteiger partial charge in [-0.3, -0.25) is 4.79 Å². The van der Waals surface area contributed by atoms with E-state index < -0.39 is 0 Å². The summed E-state index contributed by atoms with van der Waals surface area (Å²) >= 11 is 3.24. The highest BCUT2D eigenvalue weighted by atomic mass is 79.9. The van der Waals surface area contributed by atoms with E-state index in [0.29, 0.717) is 15.6 Å². The molecule has 0 atom stereocenters. The Morgan fingerprint density at radius 3 is 2.85 bits per heavy atom. The van der Waals surface area contributed by atoms with E-state index in [1.54, 1.807) is 31.3 Å². The van der Waals surface area contributed by atoms with E-state index in [1.165, 1.54) is 17.2 Å². The van der Waals surface area contributed by atoms with Gasteiger partial charge in [0, 0.05) is 29.8 Å². The van der Waals surface area contributed by atoms with Gasteiger partial charge in [0.25, 0.3) is 5.91 Å². The molecule has 104 valence electrons. The van der Waals surface area contributed by atoms with Crippen LogP contribution in [0, 0.1) is 5.82 Å². The summed E-state index contributed by atoms with van der Waals surface area (Å²) in [4.78, 5) is 17.6. The van der Waals surface area contributed by atoms with Gasteiger partial charge in [-0.25, -0.2) is 9.37 Å². The minimum Gasteiger partial charge on any atom is -0.383 e. The summed E-state index contributed by atoms with van der Waals surface area (Å²) in [5.41, 5.74) is 6.44. The fourth-order valence-electron chi connectivity index (χ4n) is 1.78. The van der Waals surface area contributed by atoms with Crippen molar-refractivity contribution in [1.29, 1.82) is 0 Å². The Balaban J connectivity index is 2.21. The van der Waals surface area contributed by atoms with Crippen LogP contribution in [0.15, 0.2) is 41.0 Å². The molecule has 0 fully saturated rings. The zero-order chi connectivity index (χ0) is 14.7. The van der Waals surface area contributed by atoms with Crippen molar-refractivity contribution in [2.45, 2.75) is 6.54 Å². The molecule has 0 saturated heterocycles. The van der Waals surface area contributed by atoms with Crippen LogP contribution < -0.4 is 5.73 Å². The van der Waals surface area contributed by atoms with Crippen molar-refractivity contribution in [2.75, 3.05) is 12.8 Å². The molecule has 0 aliphatic rings. The molecule has 0 radical (unpaired) electrons. The van der Waals surface area contributed by atoms with Crippen LogP contribution in [0.1, 0.15) is 15.9 Å². The van der Waals surface area contributed by atoms with Gasteiger partial charge in [-0.15, -0.1) is 0 Å². The van der Waals surface area contributed by atoms with Crippen LogP contribution in [0.5, 0.6) is 0 Å². The largest absolute Gasteiger partial charge is 0.383 e. The van der Waals surface area contributed by atoms with Gasteiger partial charge in [-0.1, -0.05) is 18.2 Å². The first kappa shape index (κ1) is 14.5. The fourth-order valence-corrected chi connectivity index (χ4v) is 2.11. The van der Waals surface area contributed by atoms with Crippen LogP contribution in [0.2, 0.25) is 0 Å². The van der Waals surface area contributed by atoms with Gasteiger partial charge in [0.05, 0.1) is 5.56 Å². The molecule has 0 unspecified atom stereocenters. The van der Waals surface area contributed by atoms with Crippen LogP contribution in [-0.4, -0.2) is 22.8 Å². The number of hydrogen-bond acceptors (Lipinski definition) is 3. The molecule has 1 aromatic carbocycles. The van der Waals surface area contributed by atoms with E-state index in [2.05, 4.69) is 20.9 Å². The van der Waals surface area contributed by atoms with Crippen LogP contribution in [-0.2, 0) is 6.54 Å². The van der Waals surface area contributed by atoms with Crippen molar-refractivity contribution in [1.82, 2.24) is 9.88 Å². The standard InChI is InChI=1S/C14H13BrFN3O/c1-19(8-9-4-2-3-5-12(9)16)14(20)11-6-10(15)7-18-13(11)17/h2-7H,8H2,1H3,(H2,17,18). The van der Waals surface area contributed by atoms with Crippen molar-refractivity contribution in [3.8, 4) is 0 Å². The number of nitrogen functional groups attached to an aromatic ring is 1. The van der Waals surface area contributed by atoms with Crippen LogP contribution in [0.4, 0.5) is 10.2 Å². The molecule has 1 heterocycles. The Kier molecular flexibility index (Phi) is 4.34. The maximum atomic E-state index is 13.6. The van der Waals surface area contributed by atoms with Crippen molar-refractivity contribution in [2.24, 2.45) is 0 Å². The number of hydrogen-bond donors (Lipinski definition) is 1.